The summed E-state index contributed by atoms with van der Waals surface area (Å²) >= 11 is 3.49. The number of hydrogen-bond acceptors (Lipinski definition) is 6. The van der Waals surface area contributed by atoms with Crippen molar-refractivity contribution in [2.24, 2.45) is 5.10 Å². The fraction of sp³-hybridized carbons (Fsp3) is 0.179. The largest absolute Gasteiger partial charge is 0.490 e. The summed E-state index contributed by atoms with van der Waals surface area (Å²) in [7, 11) is 0. The van der Waals surface area contributed by atoms with Crippen LogP contribution in [0.25, 0.3) is 33.5 Å². The molecule has 0 aliphatic heterocycles. The van der Waals surface area contributed by atoms with Crippen LogP contribution >= 0.6 is 15.9 Å². The van der Waals surface area contributed by atoms with Gasteiger partial charge in [0.05, 0.1) is 30.3 Å². The number of aromatic nitrogens is 2. The van der Waals surface area contributed by atoms with Crippen molar-refractivity contribution in [3.63, 3.8) is 0 Å². The van der Waals surface area contributed by atoms with Gasteiger partial charge in [0.2, 0.25) is 5.82 Å². The molecule has 0 atom stereocenters. The Hall–Kier alpha value is -3.91. The molecule has 0 N–H and O–H groups in total. The SMILES string of the molecule is CCOc1cc(C)c(C=Nn2c(-c3cc4cc(Br)ccc4o3)nc3ccccc3c2=O)cc1OCC. The van der Waals surface area contributed by atoms with Crippen LogP contribution in [-0.4, -0.2) is 29.1 Å². The second-order valence-corrected chi connectivity index (χ2v) is 9.04. The van der Waals surface area contributed by atoms with E-state index in [1.54, 1.807) is 18.3 Å². The first kappa shape index (κ1) is 23.8. The fourth-order valence-corrected chi connectivity index (χ4v) is 4.37. The maximum atomic E-state index is 13.5. The first-order valence-electron chi connectivity index (χ1n) is 11.6. The highest BCUT2D eigenvalue weighted by Gasteiger charge is 2.17. The molecule has 0 unspecified atom stereocenters. The highest BCUT2D eigenvalue weighted by Crippen LogP contribution is 2.31. The molecular formula is C28H24BrN3O4. The molecule has 0 radical (unpaired) electrons. The molecule has 0 fully saturated rings. The van der Waals surface area contributed by atoms with Crippen LogP contribution in [0.1, 0.15) is 25.0 Å². The lowest BCUT2D eigenvalue weighted by atomic mass is 10.1. The van der Waals surface area contributed by atoms with Gasteiger partial charge in [0, 0.05) is 15.4 Å². The molecule has 0 aliphatic carbocycles. The molecule has 0 saturated heterocycles. The number of para-hydroxylation sites is 1. The van der Waals surface area contributed by atoms with Gasteiger partial charge in [0.15, 0.2) is 17.3 Å². The van der Waals surface area contributed by atoms with E-state index in [1.165, 1.54) is 4.68 Å². The van der Waals surface area contributed by atoms with E-state index in [2.05, 4.69) is 21.0 Å². The molecule has 3 aromatic carbocycles. The number of aryl methyl sites for hydroxylation is 1. The van der Waals surface area contributed by atoms with Crippen molar-refractivity contribution in [1.82, 2.24) is 9.66 Å². The standard InChI is InChI=1S/C28H24BrN3O4/c1-4-34-24-12-17(3)19(15-25(24)35-5-2)16-30-32-27(31-22-9-7-6-8-21(22)28(32)33)26-14-18-13-20(29)10-11-23(18)36-26/h6-16H,4-5H2,1-3H3. The van der Waals surface area contributed by atoms with E-state index in [0.717, 1.165) is 21.0 Å². The van der Waals surface area contributed by atoms with Crippen LogP contribution < -0.4 is 15.0 Å². The first-order valence-corrected chi connectivity index (χ1v) is 12.4. The maximum absolute atomic E-state index is 13.5. The number of rotatable bonds is 7. The molecule has 0 aliphatic rings. The number of fused-ring (bicyclic) bond motifs is 2. The summed E-state index contributed by atoms with van der Waals surface area (Å²) in [5.74, 6) is 2.06. The van der Waals surface area contributed by atoms with Gasteiger partial charge in [0.25, 0.3) is 5.56 Å². The second-order valence-electron chi connectivity index (χ2n) is 8.13. The highest BCUT2D eigenvalue weighted by atomic mass is 79.9. The van der Waals surface area contributed by atoms with Crippen LogP contribution in [0, 0.1) is 6.92 Å². The summed E-state index contributed by atoms with van der Waals surface area (Å²) in [5, 5.41) is 5.94. The minimum Gasteiger partial charge on any atom is -0.490 e. The zero-order chi connectivity index (χ0) is 25.2. The Bertz CT molecular complexity index is 1670. The van der Waals surface area contributed by atoms with E-state index >= 15 is 0 Å². The van der Waals surface area contributed by atoms with E-state index in [4.69, 9.17) is 18.9 Å². The topological polar surface area (TPSA) is 78.9 Å². The molecule has 0 bridgehead atoms. The number of benzene rings is 3. The molecule has 2 heterocycles. The van der Waals surface area contributed by atoms with E-state index in [1.807, 2.05) is 69.3 Å². The summed E-state index contributed by atoms with van der Waals surface area (Å²) in [4.78, 5) is 18.3. The van der Waals surface area contributed by atoms with Crippen molar-refractivity contribution in [1.29, 1.82) is 0 Å². The Morgan fingerprint density at radius 2 is 1.78 bits per heavy atom. The summed E-state index contributed by atoms with van der Waals surface area (Å²) in [5.41, 5.74) is 2.70. The van der Waals surface area contributed by atoms with Gasteiger partial charge in [-0.25, -0.2) is 4.98 Å². The molecule has 0 saturated carbocycles. The molecule has 2 aromatic heterocycles. The van der Waals surface area contributed by atoms with E-state index in [9.17, 15) is 4.79 Å². The predicted octanol–water partition coefficient (Wildman–Crippen LogP) is 6.56. The van der Waals surface area contributed by atoms with Gasteiger partial charge in [-0.1, -0.05) is 28.1 Å². The van der Waals surface area contributed by atoms with Gasteiger partial charge >= 0.3 is 0 Å². The molecule has 5 rings (SSSR count). The summed E-state index contributed by atoms with van der Waals surface area (Å²) in [6.07, 6.45) is 1.63. The van der Waals surface area contributed by atoms with Gasteiger partial charge in [-0.2, -0.15) is 9.78 Å². The lowest BCUT2D eigenvalue weighted by Crippen LogP contribution is -2.20. The first-order chi connectivity index (χ1) is 17.5. The third kappa shape index (κ3) is 4.52. The quantitative estimate of drug-likeness (QED) is 0.216. The van der Waals surface area contributed by atoms with Gasteiger partial charge in [-0.3, -0.25) is 4.79 Å². The Morgan fingerprint density at radius 3 is 2.56 bits per heavy atom. The Labute approximate surface area is 216 Å². The van der Waals surface area contributed by atoms with Crippen molar-refractivity contribution in [2.45, 2.75) is 20.8 Å². The maximum Gasteiger partial charge on any atom is 0.282 e. The van der Waals surface area contributed by atoms with Crippen LogP contribution in [-0.2, 0) is 0 Å². The predicted molar refractivity (Wildman–Crippen MR) is 145 cm³/mol. The normalized spacial score (nSPS) is 11.6. The molecule has 36 heavy (non-hydrogen) atoms. The van der Waals surface area contributed by atoms with Crippen molar-refractivity contribution >= 4 is 44.0 Å². The second kappa shape index (κ2) is 9.99. The molecule has 0 amide bonds. The molecular weight excluding hydrogens is 522 g/mol. The summed E-state index contributed by atoms with van der Waals surface area (Å²) in [6.45, 7) is 6.83. The molecule has 8 heteroatoms. The van der Waals surface area contributed by atoms with Crippen molar-refractivity contribution < 1.29 is 13.9 Å². The average Bonchev–Trinajstić information content (AvgIpc) is 3.29. The van der Waals surface area contributed by atoms with Crippen LogP contribution in [0.5, 0.6) is 11.5 Å². The number of nitrogens with zero attached hydrogens (tertiary/aromatic N) is 3. The zero-order valence-corrected chi connectivity index (χ0v) is 21.7. The molecule has 5 aromatic rings. The molecule has 7 nitrogen and oxygen atoms in total. The lowest BCUT2D eigenvalue weighted by molar-refractivity contribution is 0.287. The molecule has 0 spiro atoms. The van der Waals surface area contributed by atoms with Gasteiger partial charge in [0.1, 0.15) is 5.58 Å². The van der Waals surface area contributed by atoms with E-state index < -0.39 is 0 Å². The van der Waals surface area contributed by atoms with E-state index in [0.29, 0.717) is 52.8 Å². The third-order valence-electron chi connectivity index (χ3n) is 5.70. The van der Waals surface area contributed by atoms with Crippen molar-refractivity contribution in [3.8, 4) is 23.1 Å². The monoisotopic (exact) mass is 545 g/mol. The lowest BCUT2D eigenvalue weighted by Gasteiger charge is -2.13. The van der Waals surface area contributed by atoms with Gasteiger partial charge < -0.3 is 13.9 Å². The summed E-state index contributed by atoms with van der Waals surface area (Å²) in [6, 6.07) is 18.6. The van der Waals surface area contributed by atoms with Crippen LogP contribution in [0.15, 0.2) is 79.4 Å². The van der Waals surface area contributed by atoms with Gasteiger partial charge in [-0.15, -0.1) is 0 Å². The third-order valence-corrected chi connectivity index (χ3v) is 6.19. The highest BCUT2D eigenvalue weighted by molar-refractivity contribution is 9.10. The van der Waals surface area contributed by atoms with Crippen molar-refractivity contribution in [3.05, 3.63) is 86.6 Å². The minimum atomic E-state index is -0.290. The van der Waals surface area contributed by atoms with Crippen molar-refractivity contribution in [2.75, 3.05) is 13.2 Å². The number of halogens is 1. The van der Waals surface area contributed by atoms with Crippen LogP contribution in [0.2, 0.25) is 0 Å². The zero-order valence-electron chi connectivity index (χ0n) is 20.1. The summed E-state index contributed by atoms with van der Waals surface area (Å²) < 4.78 is 19.8. The minimum absolute atomic E-state index is 0.290. The number of ether oxygens (including phenoxy) is 2. The number of hydrogen-bond donors (Lipinski definition) is 0. The van der Waals surface area contributed by atoms with Crippen LogP contribution in [0.4, 0.5) is 0 Å². The Balaban J connectivity index is 1.68. The molecule has 182 valence electrons. The van der Waals surface area contributed by atoms with E-state index in [-0.39, 0.29) is 5.56 Å². The Morgan fingerprint density at radius 1 is 1.03 bits per heavy atom. The number of furan rings is 1. The smallest absolute Gasteiger partial charge is 0.282 e. The van der Waals surface area contributed by atoms with Gasteiger partial charge in [-0.05, 0) is 74.9 Å². The van der Waals surface area contributed by atoms with Crippen LogP contribution in [0.3, 0.4) is 0 Å². The fourth-order valence-electron chi connectivity index (χ4n) is 3.99. The Kier molecular flexibility index (Phi) is 6.61. The average molecular weight is 546 g/mol.